The van der Waals surface area contributed by atoms with E-state index in [1.165, 1.54) is 47.4 Å². The lowest BCUT2D eigenvalue weighted by molar-refractivity contribution is 0.0956. The van der Waals surface area contributed by atoms with Gasteiger partial charge in [-0.2, -0.15) is 16.1 Å². The lowest BCUT2D eigenvalue weighted by atomic mass is 10.2. The summed E-state index contributed by atoms with van der Waals surface area (Å²) >= 11 is 7.59. The number of amides is 1. The Bertz CT molecular complexity index is 968. The topological polar surface area (TPSA) is 66.5 Å². The molecule has 2 aromatic carbocycles. The summed E-state index contributed by atoms with van der Waals surface area (Å²) in [4.78, 5) is 12.5. The molecular formula is C20H24ClFN2O3S2. The van der Waals surface area contributed by atoms with E-state index in [4.69, 9.17) is 11.6 Å². The Morgan fingerprint density at radius 3 is 2.59 bits per heavy atom. The molecule has 0 saturated heterocycles. The van der Waals surface area contributed by atoms with Gasteiger partial charge in [0, 0.05) is 31.1 Å². The Morgan fingerprint density at radius 1 is 1.24 bits per heavy atom. The second kappa shape index (κ2) is 10.4. The molecular weight excluding hydrogens is 435 g/mol. The van der Waals surface area contributed by atoms with Crippen molar-refractivity contribution in [2.75, 3.05) is 19.3 Å². The number of hydrogen-bond acceptors (Lipinski definition) is 4. The molecule has 0 atom stereocenters. The van der Waals surface area contributed by atoms with E-state index in [-0.39, 0.29) is 27.3 Å². The van der Waals surface area contributed by atoms with Crippen LogP contribution in [0.4, 0.5) is 4.39 Å². The van der Waals surface area contributed by atoms with E-state index in [0.717, 1.165) is 0 Å². The first-order chi connectivity index (χ1) is 13.6. The molecule has 0 aliphatic rings. The molecule has 5 nitrogen and oxygen atoms in total. The van der Waals surface area contributed by atoms with Crippen LogP contribution in [-0.4, -0.2) is 44.0 Å². The van der Waals surface area contributed by atoms with Gasteiger partial charge < -0.3 is 5.32 Å². The molecule has 0 fully saturated rings. The van der Waals surface area contributed by atoms with Crippen molar-refractivity contribution in [2.24, 2.45) is 0 Å². The first kappa shape index (κ1) is 23.7. The van der Waals surface area contributed by atoms with Crippen LogP contribution >= 0.6 is 23.4 Å². The monoisotopic (exact) mass is 458 g/mol. The summed E-state index contributed by atoms with van der Waals surface area (Å²) < 4.78 is 40.1. The maximum atomic E-state index is 13.6. The number of carbonyl (C=O) groups is 1. The standard InChI is InChI=1S/C20H24ClFN2O3S2/c1-14(2)24(3)29(26,27)16-8-9-18(21)17(12-16)20(25)23-10-11-28-13-15-6-4-5-7-19(15)22/h4-9,12,14H,10-11,13H2,1-3H3,(H,23,25). The van der Waals surface area contributed by atoms with Crippen LogP contribution in [0.1, 0.15) is 29.8 Å². The Morgan fingerprint density at radius 2 is 1.93 bits per heavy atom. The molecule has 2 rings (SSSR count). The fourth-order valence-corrected chi connectivity index (χ4v) is 4.85. The first-order valence-corrected chi connectivity index (χ1v) is 12.0. The summed E-state index contributed by atoms with van der Waals surface area (Å²) in [5.74, 6) is 0.371. The molecule has 0 aliphatic heterocycles. The fourth-order valence-electron chi connectivity index (χ4n) is 2.41. The molecule has 158 valence electrons. The summed E-state index contributed by atoms with van der Waals surface area (Å²) in [5, 5.41) is 2.90. The number of nitrogens with one attached hydrogen (secondary N) is 1. The van der Waals surface area contributed by atoms with Crippen LogP contribution < -0.4 is 5.32 Å². The zero-order valence-corrected chi connectivity index (χ0v) is 18.9. The van der Waals surface area contributed by atoms with Gasteiger partial charge in [-0.05, 0) is 43.7 Å². The van der Waals surface area contributed by atoms with Crippen molar-refractivity contribution in [1.29, 1.82) is 0 Å². The Kier molecular flexibility index (Phi) is 8.51. The van der Waals surface area contributed by atoms with E-state index in [0.29, 0.717) is 23.6 Å². The molecule has 1 amide bonds. The highest BCUT2D eigenvalue weighted by Crippen LogP contribution is 2.23. The van der Waals surface area contributed by atoms with Crippen molar-refractivity contribution < 1.29 is 17.6 Å². The molecule has 1 N–H and O–H groups in total. The molecule has 0 unspecified atom stereocenters. The van der Waals surface area contributed by atoms with Crippen molar-refractivity contribution in [3.8, 4) is 0 Å². The predicted molar refractivity (Wildman–Crippen MR) is 116 cm³/mol. The normalized spacial score (nSPS) is 11.8. The predicted octanol–water partition coefficient (Wildman–Crippen LogP) is 4.17. The summed E-state index contributed by atoms with van der Waals surface area (Å²) in [6.45, 7) is 3.87. The number of halogens is 2. The first-order valence-electron chi connectivity index (χ1n) is 9.01. The third kappa shape index (κ3) is 6.18. The SMILES string of the molecule is CC(C)N(C)S(=O)(=O)c1ccc(Cl)c(C(=O)NCCSCc2ccccc2F)c1. The molecule has 0 saturated carbocycles. The molecule has 29 heavy (non-hydrogen) atoms. The number of rotatable bonds is 9. The minimum atomic E-state index is -3.72. The van der Waals surface area contributed by atoms with Crippen LogP contribution in [0.5, 0.6) is 0 Å². The van der Waals surface area contributed by atoms with E-state index in [1.54, 1.807) is 32.0 Å². The van der Waals surface area contributed by atoms with Gasteiger partial charge in [-0.3, -0.25) is 4.79 Å². The number of nitrogens with zero attached hydrogens (tertiary/aromatic N) is 1. The van der Waals surface area contributed by atoms with Crippen molar-refractivity contribution in [3.05, 3.63) is 64.4 Å². The van der Waals surface area contributed by atoms with Crippen molar-refractivity contribution in [1.82, 2.24) is 9.62 Å². The molecule has 0 aliphatic carbocycles. The number of sulfonamides is 1. The highest BCUT2D eigenvalue weighted by Gasteiger charge is 2.25. The highest BCUT2D eigenvalue weighted by molar-refractivity contribution is 7.98. The summed E-state index contributed by atoms with van der Waals surface area (Å²) in [6.07, 6.45) is 0. The van der Waals surface area contributed by atoms with Crippen molar-refractivity contribution >= 4 is 39.3 Å². The molecule has 0 bridgehead atoms. The van der Waals surface area contributed by atoms with Gasteiger partial charge in [0.05, 0.1) is 15.5 Å². The lowest BCUT2D eigenvalue weighted by Gasteiger charge is -2.21. The summed E-state index contributed by atoms with van der Waals surface area (Å²) in [6, 6.07) is 10.4. The molecule has 0 heterocycles. The minimum Gasteiger partial charge on any atom is -0.351 e. The van der Waals surface area contributed by atoms with Gasteiger partial charge >= 0.3 is 0 Å². The smallest absolute Gasteiger partial charge is 0.252 e. The van der Waals surface area contributed by atoms with Gasteiger partial charge in [-0.15, -0.1) is 0 Å². The average molecular weight is 459 g/mol. The number of carbonyl (C=O) groups excluding carboxylic acids is 1. The lowest BCUT2D eigenvalue weighted by Crippen LogP contribution is -2.33. The van der Waals surface area contributed by atoms with Gasteiger partial charge in [0.15, 0.2) is 0 Å². The zero-order valence-electron chi connectivity index (χ0n) is 16.5. The van der Waals surface area contributed by atoms with E-state index in [2.05, 4.69) is 5.32 Å². The van der Waals surface area contributed by atoms with Crippen LogP contribution in [-0.2, 0) is 15.8 Å². The summed E-state index contributed by atoms with van der Waals surface area (Å²) in [5.41, 5.74) is 0.711. The molecule has 9 heteroatoms. The quantitative estimate of drug-likeness (QED) is 0.572. The van der Waals surface area contributed by atoms with E-state index >= 15 is 0 Å². The number of benzene rings is 2. The van der Waals surface area contributed by atoms with Crippen molar-refractivity contribution in [3.63, 3.8) is 0 Å². The average Bonchev–Trinajstić information content (AvgIpc) is 2.68. The Labute approximate surface area is 180 Å². The van der Waals surface area contributed by atoms with Gasteiger partial charge in [0.1, 0.15) is 5.82 Å². The third-order valence-corrected chi connectivity index (χ3v) is 7.70. The van der Waals surface area contributed by atoms with Gasteiger partial charge in [-0.1, -0.05) is 29.8 Å². The van der Waals surface area contributed by atoms with Crippen LogP contribution in [0.15, 0.2) is 47.4 Å². The molecule has 0 spiro atoms. The van der Waals surface area contributed by atoms with Gasteiger partial charge in [-0.25, -0.2) is 12.8 Å². The molecule has 0 aromatic heterocycles. The number of thioether (sulfide) groups is 1. The van der Waals surface area contributed by atoms with E-state index < -0.39 is 15.9 Å². The van der Waals surface area contributed by atoms with Crippen molar-refractivity contribution in [2.45, 2.75) is 30.5 Å². The second-order valence-corrected chi connectivity index (χ2v) is 10.2. The molecule has 0 radical (unpaired) electrons. The van der Waals surface area contributed by atoms with Crippen LogP contribution in [0, 0.1) is 5.82 Å². The highest BCUT2D eigenvalue weighted by atomic mass is 35.5. The van der Waals surface area contributed by atoms with E-state index in [9.17, 15) is 17.6 Å². The van der Waals surface area contributed by atoms with Crippen LogP contribution in [0.2, 0.25) is 5.02 Å². The second-order valence-electron chi connectivity index (χ2n) is 6.66. The van der Waals surface area contributed by atoms with Gasteiger partial charge in [0.25, 0.3) is 5.91 Å². The maximum absolute atomic E-state index is 13.6. The maximum Gasteiger partial charge on any atom is 0.252 e. The largest absolute Gasteiger partial charge is 0.351 e. The van der Waals surface area contributed by atoms with Crippen LogP contribution in [0.25, 0.3) is 0 Å². The Hall–Kier alpha value is -1.61. The van der Waals surface area contributed by atoms with E-state index in [1.807, 2.05) is 0 Å². The number of hydrogen-bond donors (Lipinski definition) is 1. The Balaban J connectivity index is 1.97. The third-order valence-electron chi connectivity index (χ3n) is 4.33. The molecule has 2 aromatic rings. The fraction of sp³-hybridized carbons (Fsp3) is 0.350. The minimum absolute atomic E-state index is 0.0113. The van der Waals surface area contributed by atoms with Gasteiger partial charge in [0.2, 0.25) is 10.0 Å². The zero-order chi connectivity index (χ0) is 21.6. The summed E-state index contributed by atoms with van der Waals surface area (Å²) in [7, 11) is -2.23. The van der Waals surface area contributed by atoms with Crippen LogP contribution in [0.3, 0.4) is 0 Å².